The zero-order valence-electron chi connectivity index (χ0n) is 24.0. The molecule has 0 bridgehead atoms. The molecule has 0 saturated heterocycles. The smallest absolute Gasteiger partial charge is 0.407 e. The van der Waals surface area contributed by atoms with Crippen molar-refractivity contribution >= 4 is 46.9 Å². The molecular formula is C29H34Cl2N4O9. The van der Waals surface area contributed by atoms with Gasteiger partial charge in [-0.3, -0.25) is 10.1 Å². The number of aromatic nitrogens is 1. The molecule has 0 spiro atoms. The highest BCUT2D eigenvalue weighted by atomic mass is 35.5. The van der Waals surface area contributed by atoms with Crippen molar-refractivity contribution in [3.63, 3.8) is 0 Å². The molecule has 3 aromatic rings. The number of amides is 2. The third-order valence-corrected chi connectivity index (χ3v) is 6.51. The van der Waals surface area contributed by atoms with Gasteiger partial charge in [-0.15, -0.1) is 0 Å². The Balaban J connectivity index is 1.54. The number of benzene rings is 2. The largest absolute Gasteiger partial charge is 0.478 e. The number of carbonyl (C=O) groups is 3. The predicted octanol–water partition coefficient (Wildman–Crippen LogP) is 4.24. The van der Waals surface area contributed by atoms with Crippen LogP contribution in [0.3, 0.4) is 0 Å². The highest BCUT2D eigenvalue weighted by Crippen LogP contribution is 2.31. The molecule has 1 aromatic heterocycles. The Morgan fingerprint density at radius 3 is 2.48 bits per heavy atom. The third-order valence-electron chi connectivity index (χ3n) is 5.95. The van der Waals surface area contributed by atoms with Gasteiger partial charge < -0.3 is 39.1 Å². The van der Waals surface area contributed by atoms with Crippen LogP contribution in [0.5, 0.6) is 0 Å². The average Bonchev–Trinajstić information content (AvgIpc) is 3.48. The summed E-state index contributed by atoms with van der Waals surface area (Å²) in [5.41, 5.74) is 0.615. The van der Waals surface area contributed by atoms with Gasteiger partial charge in [0.05, 0.1) is 68.1 Å². The molecule has 0 saturated carbocycles. The van der Waals surface area contributed by atoms with E-state index in [0.29, 0.717) is 47.8 Å². The molecular weight excluding hydrogens is 619 g/mol. The normalized spacial score (nSPS) is 11.6. The molecule has 15 heteroatoms. The minimum atomic E-state index is -1.19. The second-order valence-corrected chi connectivity index (χ2v) is 9.93. The van der Waals surface area contributed by atoms with E-state index in [1.807, 2.05) is 0 Å². The van der Waals surface area contributed by atoms with Gasteiger partial charge in [-0.2, -0.15) is 0 Å². The van der Waals surface area contributed by atoms with Crippen LogP contribution in [0, 0.1) is 0 Å². The van der Waals surface area contributed by atoms with E-state index in [9.17, 15) is 19.5 Å². The molecule has 1 unspecified atom stereocenters. The molecule has 0 radical (unpaired) electrons. The van der Waals surface area contributed by atoms with Crippen LogP contribution in [-0.4, -0.2) is 87.4 Å². The predicted molar refractivity (Wildman–Crippen MR) is 162 cm³/mol. The number of carboxylic acids is 1. The monoisotopic (exact) mass is 652 g/mol. The Hall–Kier alpha value is -3.72. The summed E-state index contributed by atoms with van der Waals surface area (Å²) >= 11 is 12.3. The number of ether oxygens (including phenoxy) is 4. The lowest BCUT2D eigenvalue weighted by Crippen LogP contribution is -2.43. The van der Waals surface area contributed by atoms with E-state index in [4.69, 9.17) is 46.6 Å². The topological polar surface area (TPSA) is 170 Å². The molecule has 0 aliphatic heterocycles. The van der Waals surface area contributed by atoms with Crippen molar-refractivity contribution in [2.75, 3.05) is 58.6 Å². The van der Waals surface area contributed by atoms with Crippen molar-refractivity contribution in [2.45, 2.75) is 19.0 Å². The first-order valence-electron chi connectivity index (χ1n) is 13.6. The van der Waals surface area contributed by atoms with Crippen molar-refractivity contribution in [1.82, 2.24) is 15.6 Å². The van der Waals surface area contributed by atoms with E-state index < -0.39 is 24.0 Å². The summed E-state index contributed by atoms with van der Waals surface area (Å²) in [6.07, 6.45) is 0.929. The fraction of sp³-hybridized carbons (Fsp3) is 0.379. The van der Waals surface area contributed by atoms with Crippen LogP contribution in [0.4, 0.5) is 10.5 Å². The summed E-state index contributed by atoms with van der Waals surface area (Å²) in [6, 6.07) is 10.1. The quantitative estimate of drug-likeness (QED) is 0.137. The number of anilines is 1. The molecule has 1 heterocycles. The van der Waals surface area contributed by atoms with E-state index in [0.717, 1.165) is 0 Å². The first-order valence-corrected chi connectivity index (χ1v) is 14.4. The zero-order chi connectivity index (χ0) is 31.7. The Bertz CT molecular complexity index is 1370. The molecule has 44 heavy (non-hydrogen) atoms. The molecule has 4 N–H and O–H groups in total. The van der Waals surface area contributed by atoms with Gasteiger partial charge >= 0.3 is 12.1 Å². The number of methoxy groups -OCH3 is 1. The molecule has 0 aliphatic rings. The summed E-state index contributed by atoms with van der Waals surface area (Å²) in [5.74, 6) is -1.07. The molecule has 238 valence electrons. The van der Waals surface area contributed by atoms with Gasteiger partial charge in [0, 0.05) is 24.2 Å². The number of alkyl carbamates (subject to hydrolysis) is 1. The van der Waals surface area contributed by atoms with Crippen LogP contribution < -0.4 is 16.0 Å². The van der Waals surface area contributed by atoms with Gasteiger partial charge in [0.1, 0.15) is 6.61 Å². The highest BCUT2D eigenvalue weighted by Gasteiger charge is 2.22. The molecule has 2 amide bonds. The maximum Gasteiger partial charge on any atom is 0.407 e. The van der Waals surface area contributed by atoms with Gasteiger partial charge in [0.25, 0.3) is 0 Å². The Kier molecular flexibility index (Phi) is 14.9. The Morgan fingerprint density at radius 2 is 1.73 bits per heavy atom. The fourth-order valence-corrected chi connectivity index (χ4v) is 4.15. The van der Waals surface area contributed by atoms with Crippen LogP contribution in [0.2, 0.25) is 10.0 Å². The number of aromatic carboxylic acids is 1. The first-order chi connectivity index (χ1) is 21.3. The number of carbonyl (C=O) groups excluding carboxylic acids is 2. The van der Waals surface area contributed by atoms with E-state index in [1.54, 1.807) is 37.4 Å². The van der Waals surface area contributed by atoms with Gasteiger partial charge in [-0.05, 0) is 36.8 Å². The lowest BCUT2D eigenvalue weighted by Gasteiger charge is -2.19. The van der Waals surface area contributed by atoms with Crippen LogP contribution in [0.25, 0.3) is 11.3 Å². The highest BCUT2D eigenvalue weighted by molar-refractivity contribution is 6.35. The number of nitrogens with zero attached hydrogens (tertiary/aromatic N) is 1. The maximum atomic E-state index is 13.2. The molecule has 2 aromatic carbocycles. The Labute approximate surface area is 264 Å². The fourth-order valence-electron chi connectivity index (χ4n) is 3.76. The molecule has 13 nitrogen and oxygen atoms in total. The lowest BCUT2D eigenvalue weighted by atomic mass is 10.1. The van der Waals surface area contributed by atoms with Crippen molar-refractivity contribution in [3.05, 3.63) is 70.2 Å². The molecule has 3 rings (SSSR count). The summed E-state index contributed by atoms with van der Waals surface area (Å²) in [7, 11) is 1.59. The number of oxazole rings is 1. The van der Waals surface area contributed by atoms with Crippen LogP contribution in [-0.2, 0) is 30.3 Å². The van der Waals surface area contributed by atoms with Crippen LogP contribution >= 0.6 is 23.2 Å². The van der Waals surface area contributed by atoms with Crippen molar-refractivity contribution in [3.8, 4) is 11.3 Å². The van der Waals surface area contributed by atoms with Gasteiger partial charge in [0.2, 0.25) is 11.8 Å². The average molecular weight is 654 g/mol. The zero-order valence-corrected chi connectivity index (χ0v) is 25.5. The number of hydrogen-bond donors (Lipinski definition) is 4. The number of halogens is 2. The van der Waals surface area contributed by atoms with Crippen molar-refractivity contribution < 1.29 is 42.9 Å². The van der Waals surface area contributed by atoms with E-state index >= 15 is 0 Å². The Morgan fingerprint density at radius 1 is 1.00 bits per heavy atom. The van der Waals surface area contributed by atoms with Gasteiger partial charge in [-0.1, -0.05) is 35.3 Å². The summed E-state index contributed by atoms with van der Waals surface area (Å²) in [4.78, 5) is 41.2. The minimum Gasteiger partial charge on any atom is -0.478 e. The summed E-state index contributed by atoms with van der Waals surface area (Å²) < 4.78 is 26.4. The minimum absolute atomic E-state index is 0.0289. The number of para-hydroxylation sites is 1. The number of carboxylic acid groups (broad SMARTS) is 1. The van der Waals surface area contributed by atoms with Crippen molar-refractivity contribution in [2.24, 2.45) is 0 Å². The number of nitrogens with one attached hydrogen (secondary N) is 3. The number of hydrogen-bond acceptors (Lipinski definition) is 10. The van der Waals surface area contributed by atoms with Gasteiger partial charge in [0.15, 0.2) is 5.76 Å². The van der Waals surface area contributed by atoms with Crippen LogP contribution in [0.1, 0.15) is 22.7 Å². The summed E-state index contributed by atoms with van der Waals surface area (Å²) in [5, 5.41) is 18.7. The molecule has 0 fully saturated rings. The van der Waals surface area contributed by atoms with E-state index in [2.05, 4.69) is 20.9 Å². The SMILES string of the molecule is COCCOCCOCCOC(=O)NCCC(NCc1ncc(-c2cc(Cl)ccc2Cl)o1)C(=O)Nc1ccccc1C(=O)O. The lowest BCUT2D eigenvalue weighted by molar-refractivity contribution is -0.118. The van der Waals surface area contributed by atoms with Crippen molar-refractivity contribution in [1.29, 1.82) is 0 Å². The van der Waals surface area contributed by atoms with E-state index in [1.165, 1.54) is 18.3 Å². The summed E-state index contributed by atoms with van der Waals surface area (Å²) in [6.45, 7) is 2.02. The molecule has 0 aliphatic carbocycles. The van der Waals surface area contributed by atoms with Crippen LogP contribution in [0.15, 0.2) is 53.1 Å². The van der Waals surface area contributed by atoms with E-state index in [-0.39, 0.29) is 49.9 Å². The first kappa shape index (κ1) is 34.8. The molecule has 1 atom stereocenters. The third kappa shape index (κ3) is 11.8. The number of rotatable bonds is 19. The standard InChI is InChI=1S/C29H34Cl2N4O9/c1-40-10-11-41-12-13-42-14-15-43-29(39)32-9-8-24(27(36)35-23-5-3-2-4-20(23)28(37)38)33-18-26-34-17-25(44-26)21-16-19(30)6-7-22(21)31/h2-7,16-17,24,33H,8-15,18H2,1H3,(H,32,39)(H,35,36)(H,37,38). The van der Waals surface area contributed by atoms with Gasteiger partial charge in [-0.25, -0.2) is 14.6 Å². The second-order valence-electron chi connectivity index (χ2n) is 9.08. The maximum absolute atomic E-state index is 13.2. The second kappa shape index (κ2) is 18.8.